The van der Waals surface area contributed by atoms with Crippen molar-refractivity contribution in [3.8, 4) is 5.75 Å². The Labute approximate surface area is 155 Å². The van der Waals surface area contributed by atoms with Gasteiger partial charge in [0.25, 0.3) is 17.5 Å². The van der Waals surface area contributed by atoms with Crippen LogP contribution < -0.4 is 10.1 Å². The molecule has 2 aromatic carbocycles. The molecule has 1 aliphatic rings. The van der Waals surface area contributed by atoms with Crippen molar-refractivity contribution < 1.29 is 19.2 Å². The lowest BCUT2D eigenvalue weighted by molar-refractivity contribution is -0.384. The second-order valence-electron chi connectivity index (χ2n) is 5.81. The number of nitro benzene ring substituents is 1. The maximum absolute atomic E-state index is 12.5. The van der Waals surface area contributed by atoms with Gasteiger partial charge in [-0.2, -0.15) is 0 Å². The van der Waals surface area contributed by atoms with Crippen LogP contribution in [0, 0.1) is 10.1 Å². The Morgan fingerprint density at radius 3 is 2.22 bits per heavy atom. The number of hydrogen-bond acceptors (Lipinski definition) is 6. The summed E-state index contributed by atoms with van der Waals surface area (Å²) in [5.41, 5.74) is 1.25. The number of nitrogens with one attached hydrogen (secondary N) is 1. The number of amides is 2. The number of nitro groups is 1. The molecule has 0 fully saturated rings. The van der Waals surface area contributed by atoms with Gasteiger partial charge in [-0.15, -0.1) is 0 Å². The number of carbonyl (C=O) groups is 2. The number of anilines is 1. The Morgan fingerprint density at radius 2 is 1.67 bits per heavy atom. The first-order valence-electron chi connectivity index (χ1n) is 8.23. The van der Waals surface area contributed by atoms with Gasteiger partial charge < -0.3 is 10.1 Å². The van der Waals surface area contributed by atoms with Crippen molar-refractivity contribution in [1.29, 1.82) is 0 Å². The fourth-order valence-corrected chi connectivity index (χ4v) is 2.72. The van der Waals surface area contributed by atoms with Crippen LogP contribution in [-0.4, -0.2) is 35.3 Å². The number of carbonyl (C=O) groups excluding carboxylic acids is 2. The second-order valence-corrected chi connectivity index (χ2v) is 5.81. The smallest absolute Gasteiger partial charge is 0.277 e. The highest BCUT2D eigenvalue weighted by Crippen LogP contribution is 2.30. The fraction of sp³-hybridized carbons (Fsp3) is 0.158. The third-order valence-electron chi connectivity index (χ3n) is 4.09. The van der Waals surface area contributed by atoms with Crippen molar-refractivity contribution in [3.63, 3.8) is 0 Å². The average molecular weight is 367 g/mol. The molecule has 2 aromatic rings. The van der Waals surface area contributed by atoms with Gasteiger partial charge in [-0.05, 0) is 48.9 Å². The highest BCUT2D eigenvalue weighted by atomic mass is 16.6. The van der Waals surface area contributed by atoms with Crippen LogP contribution in [0.2, 0.25) is 0 Å². The summed E-state index contributed by atoms with van der Waals surface area (Å²) in [4.78, 5) is 36.3. The highest BCUT2D eigenvalue weighted by molar-refractivity contribution is 6.36. The Morgan fingerprint density at radius 1 is 1.04 bits per heavy atom. The molecule has 138 valence electrons. The van der Waals surface area contributed by atoms with E-state index in [2.05, 4.69) is 5.32 Å². The number of benzene rings is 2. The van der Waals surface area contributed by atoms with Gasteiger partial charge in [0, 0.05) is 24.9 Å². The fourth-order valence-electron chi connectivity index (χ4n) is 2.72. The van der Waals surface area contributed by atoms with E-state index in [1.807, 2.05) is 6.92 Å². The summed E-state index contributed by atoms with van der Waals surface area (Å²) in [6.07, 6.45) is 0. The molecular weight excluding hydrogens is 350 g/mol. The first-order chi connectivity index (χ1) is 12.9. The number of rotatable bonds is 6. The molecule has 8 heteroatoms. The minimum Gasteiger partial charge on any atom is -0.494 e. The molecule has 0 radical (unpaired) electrons. The molecule has 0 aliphatic carbocycles. The maximum atomic E-state index is 12.5. The van der Waals surface area contributed by atoms with E-state index < -0.39 is 16.7 Å². The van der Waals surface area contributed by atoms with E-state index in [0.29, 0.717) is 23.6 Å². The first-order valence-corrected chi connectivity index (χ1v) is 8.23. The van der Waals surface area contributed by atoms with Crippen molar-refractivity contribution in [3.05, 3.63) is 69.9 Å². The van der Waals surface area contributed by atoms with Crippen LogP contribution in [0.15, 0.2) is 54.2 Å². The SMILES string of the molecule is CCOc1ccc(NC2=C(c3ccc([N+](=O)[O-])cc3)C(=O)N(C)C2=O)cc1. The number of hydrogen-bond donors (Lipinski definition) is 1. The third-order valence-corrected chi connectivity index (χ3v) is 4.09. The van der Waals surface area contributed by atoms with Gasteiger partial charge in [-0.1, -0.05) is 0 Å². The summed E-state index contributed by atoms with van der Waals surface area (Å²) >= 11 is 0. The van der Waals surface area contributed by atoms with Crippen LogP contribution >= 0.6 is 0 Å². The largest absolute Gasteiger partial charge is 0.494 e. The number of nitrogens with zero attached hydrogens (tertiary/aromatic N) is 2. The molecule has 1 heterocycles. The lowest BCUT2D eigenvalue weighted by Crippen LogP contribution is -2.27. The summed E-state index contributed by atoms with van der Waals surface area (Å²) in [5, 5.41) is 13.8. The van der Waals surface area contributed by atoms with E-state index in [9.17, 15) is 19.7 Å². The molecule has 3 rings (SSSR count). The number of likely N-dealkylation sites (N-methyl/N-ethyl adjacent to an activating group) is 1. The van der Waals surface area contributed by atoms with Gasteiger partial charge in [0.1, 0.15) is 11.4 Å². The minimum atomic E-state index is -0.523. The number of non-ortho nitro benzene ring substituents is 1. The molecule has 0 atom stereocenters. The third kappa shape index (κ3) is 3.50. The molecular formula is C19H17N3O5. The molecule has 0 spiro atoms. The van der Waals surface area contributed by atoms with E-state index in [-0.39, 0.29) is 17.0 Å². The van der Waals surface area contributed by atoms with Crippen LogP contribution in [-0.2, 0) is 9.59 Å². The van der Waals surface area contributed by atoms with E-state index >= 15 is 0 Å². The molecule has 8 nitrogen and oxygen atoms in total. The van der Waals surface area contributed by atoms with Crippen LogP contribution in [0.4, 0.5) is 11.4 Å². The summed E-state index contributed by atoms with van der Waals surface area (Å²) in [6, 6.07) is 12.5. The van der Waals surface area contributed by atoms with Gasteiger partial charge in [0.05, 0.1) is 17.1 Å². The van der Waals surface area contributed by atoms with Crippen LogP contribution in [0.1, 0.15) is 12.5 Å². The highest BCUT2D eigenvalue weighted by Gasteiger charge is 2.36. The minimum absolute atomic E-state index is 0.0921. The van der Waals surface area contributed by atoms with Crippen molar-refractivity contribution in [1.82, 2.24) is 4.90 Å². The van der Waals surface area contributed by atoms with Crippen molar-refractivity contribution in [2.75, 3.05) is 19.0 Å². The molecule has 1 aliphatic heterocycles. The molecule has 1 N–H and O–H groups in total. The predicted octanol–water partition coefficient (Wildman–Crippen LogP) is 2.82. The maximum Gasteiger partial charge on any atom is 0.277 e. The quantitative estimate of drug-likeness (QED) is 0.478. The Bertz CT molecular complexity index is 933. The molecule has 0 saturated heterocycles. The van der Waals surface area contributed by atoms with Gasteiger partial charge in [-0.3, -0.25) is 24.6 Å². The molecule has 2 amide bonds. The lowest BCUT2D eigenvalue weighted by Gasteiger charge is -2.10. The normalized spacial score (nSPS) is 13.9. The lowest BCUT2D eigenvalue weighted by atomic mass is 10.0. The predicted molar refractivity (Wildman–Crippen MR) is 99.0 cm³/mol. The number of ether oxygens (including phenoxy) is 1. The molecule has 27 heavy (non-hydrogen) atoms. The monoisotopic (exact) mass is 367 g/mol. The van der Waals surface area contributed by atoms with Gasteiger partial charge >= 0.3 is 0 Å². The first kappa shape index (κ1) is 18.1. The molecule has 0 saturated carbocycles. The summed E-state index contributed by atoms with van der Waals surface area (Å²) in [5.74, 6) is -0.247. The zero-order valence-corrected chi connectivity index (χ0v) is 14.8. The zero-order chi connectivity index (χ0) is 19.6. The summed E-state index contributed by atoms with van der Waals surface area (Å²) in [7, 11) is 1.39. The van der Waals surface area contributed by atoms with Crippen LogP contribution in [0.3, 0.4) is 0 Å². The van der Waals surface area contributed by atoms with Gasteiger partial charge in [0.2, 0.25) is 0 Å². The van der Waals surface area contributed by atoms with Crippen LogP contribution in [0.5, 0.6) is 5.75 Å². The van der Waals surface area contributed by atoms with E-state index in [0.717, 1.165) is 4.90 Å². The van der Waals surface area contributed by atoms with Gasteiger partial charge in [0.15, 0.2) is 0 Å². The Kier molecular flexibility index (Phi) is 4.89. The summed E-state index contributed by atoms with van der Waals surface area (Å²) < 4.78 is 5.38. The summed E-state index contributed by atoms with van der Waals surface area (Å²) in [6.45, 7) is 2.42. The molecule has 0 aromatic heterocycles. The van der Waals surface area contributed by atoms with Crippen molar-refractivity contribution in [2.24, 2.45) is 0 Å². The van der Waals surface area contributed by atoms with E-state index in [1.165, 1.54) is 31.3 Å². The standard InChI is InChI=1S/C19H17N3O5/c1-3-27-15-10-6-13(7-11-15)20-17-16(18(23)21(2)19(17)24)12-4-8-14(9-5-12)22(25)26/h4-11,20H,3H2,1-2H3. The van der Waals surface area contributed by atoms with E-state index in [4.69, 9.17) is 4.74 Å². The van der Waals surface area contributed by atoms with Crippen molar-refractivity contribution in [2.45, 2.75) is 6.92 Å². The molecule has 0 unspecified atom stereocenters. The molecule has 0 bridgehead atoms. The topological polar surface area (TPSA) is 102 Å². The van der Waals surface area contributed by atoms with E-state index in [1.54, 1.807) is 24.3 Å². The van der Waals surface area contributed by atoms with Crippen molar-refractivity contribution >= 4 is 28.8 Å². The Hall–Kier alpha value is -3.68. The second kappa shape index (κ2) is 7.28. The zero-order valence-electron chi connectivity index (χ0n) is 14.8. The van der Waals surface area contributed by atoms with Gasteiger partial charge in [-0.25, -0.2) is 0 Å². The average Bonchev–Trinajstić information content (AvgIpc) is 2.87. The van der Waals surface area contributed by atoms with Crippen LogP contribution in [0.25, 0.3) is 5.57 Å². The Balaban J connectivity index is 1.98. The number of imide groups is 1.